The van der Waals surface area contributed by atoms with Gasteiger partial charge in [-0.2, -0.15) is 0 Å². The molecule has 2 aromatic rings. The van der Waals surface area contributed by atoms with E-state index in [2.05, 4.69) is 18.3 Å². The smallest absolute Gasteiger partial charge is 0.115 e. The highest BCUT2D eigenvalue weighted by atomic mass is 35.5. The molecule has 104 valence electrons. The summed E-state index contributed by atoms with van der Waals surface area (Å²) in [5.74, 6) is 0.354. The van der Waals surface area contributed by atoms with E-state index in [-0.39, 0.29) is 6.04 Å². The van der Waals surface area contributed by atoms with Gasteiger partial charge in [-0.15, -0.1) is 0 Å². The lowest BCUT2D eigenvalue weighted by Gasteiger charge is -2.21. The molecule has 0 amide bonds. The summed E-state index contributed by atoms with van der Waals surface area (Å²) in [6, 6.07) is 14.2. The van der Waals surface area contributed by atoms with Gasteiger partial charge in [-0.25, -0.2) is 0 Å². The van der Waals surface area contributed by atoms with E-state index >= 15 is 0 Å². The molecule has 0 heterocycles. The highest BCUT2D eigenvalue weighted by molar-refractivity contribution is 6.30. The molecule has 0 aliphatic heterocycles. The maximum absolute atomic E-state index is 9.54. The lowest BCUT2D eigenvalue weighted by atomic mass is 10.0. The summed E-state index contributed by atoms with van der Waals surface area (Å²) in [7, 11) is 0. The summed E-state index contributed by atoms with van der Waals surface area (Å²) in [6.07, 6.45) is 2.09. The Labute approximate surface area is 124 Å². The minimum atomic E-state index is 0.249. The standard InChI is InChI=1S/C17H18ClNO/c1-11(12-3-2-4-14(18)9-12)19-17-8-5-13-10-15(20)6-7-16(13)17/h2-4,6-7,9-11,17,19-20H,5,8H2,1H3. The van der Waals surface area contributed by atoms with E-state index in [1.807, 2.05) is 30.3 Å². The predicted octanol–water partition coefficient (Wildman–Crippen LogP) is 4.38. The second-order valence-electron chi connectivity index (χ2n) is 5.42. The maximum Gasteiger partial charge on any atom is 0.115 e. The third-order valence-electron chi connectivity index (χ3n) is 4.00. The fourth-order valence-corrected chi connectivity index (χ4v) is 3.15. The quantitative estimate of drug-likeness (QED) is 0.878. The van der Waals surface area contributed by atoms with E-state index in [1.165, 1.54) is 16.7 Å². The largest absolute Gasteiger partial charge is 0.508 e. The minimum absolute atomic E-state index is 0.249. The first kappa shape index (κ1) is 13.5. The molecule has 20 heavy (non-hydrogen) atoms. The molecule has 1 aliphatic rings. The van der Waals surface area contributed by atoms with Gasteiger partial charge in [0.05, 0.1) is 0 Å². The monoisotopic (exact) mass is 287 g/mol. The number of aryl methyl sites for hydroxylation is 1. The topological polar surface area (TPSA) is 32.3 Å². The summed E-state index contributed by atoms with van der Waals surface area (Å²) in [4.78, 5) is 0. The second-order valence-corrected chi connectivity index (χ2v) is 5.85. The number of phenols is 1. The fourth-order valence-electron chi connectivity index (χ4n) is 2.95. The molecular formula is C17H18ClNO. The Hall–Kier alpha value is -1.51. The molecule has 0 bridgehead atoms. The number of nitrogens with one attached hydrogen (secondary N) is 1. The summed E-state index contributed by atoms with van der Waals surface area (Å²) in [6.45, 7) is 2.16. The number of halogens is 1. The Balaban J connectivity index is 1.77. The molecule has 1 aliphatic carbocycles. The molecule has 0 radical (unpaired) electrons. The maximum atomic E-state index is 9.54. The lowest BCUT2D eigenvalue weighted by molar-refractivity contribution is 0.464. The molecule has 0 saturated carbocycles. The lowest BCUT2D eigenvalue weighted by Crippen LogP contribution is -2.22. The van der Waals surface area contributed by atoms with Crippen LogP contribution >= 0.6 is 11.6 Å². The van der Waals surface area contributed by atoms with Crippen molar-refractivity contribution in [2.75, 3.05) is 0 Å². The highest BCUT2D eigenvalue weighted by Gasteiger charge is 2.24. The van der Waals surface area contributed by atoms with Crippen molar-refractivity contribution in [3.8, 4) is 5.75 Å². The Morgan fingerprint density at radius 1 is 1.25 bits per heavy atom. The van der Waals surface area contributed by atoms with Crippen LogP contribution in [-0.4, -0.2) is 5.11 Å². The number of aromatic hydroxyl groups is 1. The van der Waals surface area contributed by atoms with Crippen molar-refractivity contribution in [1.29, 1.82) is 0 Å². The fraction of sp³-hybridized carbons (Fsp3) is 0.294. The van der Waals surface area contributed by atoms with Gasteiger partial charge in [0.1, 0.15) is 5.75 Å². The van der Waals surface area contributed by atoms with E-state index in [0.29, 0.717) is 11.8 Å². The van der Waals surface area contributed by atoms with Gasteiger partial charge in [0.25, 0.3) is 0 Å². The van der Waals surface area contributed by atoms with Gasteiger partial charge < -0.3 is 10.4 Å². The summed E-state index contributed by atoms with van der Waals surface area (Å²) < 4.78 is 0. The Kier molecular flexibility index (Phi) is 3.68. The van der Waals surface area contributed by atoms with E-state index in [4.69, 9.17) is 11.6 Å². The zero-order chi connectivity index (χ0) is 14.1. The van der Waals surface area contributed by atoms with E-state index < -0.39 is 0 Å². The van der Waals surface area contributed by atoms with Gasteiger partial charge in [-0.1, -0.05) is 29.8 Å². The average Bonchev–Trinajstić information content (AvgIpc) is 2.81. The van der Waals surface area contributed by atoms with Crippen LogP contribution in [0.5, 0.6) is 5.75 Å². The molecule has 2 aromatic carbocycles. The van der Waals surface area contributed by atoms with Crippen LogP contribution in [0.2, 0.25) is 5.02 Å². The van der Waals surface area contributed by atoms with Crippen molar-refractivity contribution in [3.63, 3.8) is 0 Å². The van der Waals surface area contributed by atoms with E-state index in [9.17, 15) is 5.11 Å². The average molecular weight is 288 g/mol. The molecule has 2 nitrogen and oxygen atoms in total. The molecule has 0 aromatic heterocycles. The number of phenolic OH excluding ortho intramolecular Hbond substituents is 1. The molecule has 2 N–H and O–H groups in total. The Morgan fingerprint density at radius 2 is 2.10 bits per heavy atom. The van der Waals surface area contributed by atoms with Gasteiger partial charge >= 0.3 is 0 Å². The zero-order valence-corrected chi connectivity index (χ0v) is 12.2. The van der Waals surface area contributed by atoms with Crippen molar-refractivity contribution >= 4 is 11.6 Å². The van der Waals surface area contributed by atoms with Gasteiger partial charge in [0.2, 0.25) is 0 Å². The summed E-state index contributed by atoms with van der Waals surface area (Å²) in [5, 5.41) is 14.0. The van der Waals surface area contributed by atoms with Crippen molar-refractivity contribution in [1.82, 2.24) is 5.32 Å². The minimum Gasteiger partial charge on any atom is -0.508 e. The van der Waals surface area contributed by atoms with Crippen LogP contribution in [0.4, 0.5) is 0 Å². The van der Waals surface area contributed by atoms with Gasteiger partial charge in [0.15, 0.2) is 0 Å². The molecule has 0 saturated heterocycles. The van der Waals surface area contributed by atoms with Crippen LogP contribution in [0.3, 0.4) is 0 Å². The van der Waals surface area contributed by atoms with Crippen molar-refractivity contribution in [2.24, 2.45) is 0 Å². The third-order valence-corrected chi connectivity index (χ3v) is 4.24. The number of hydrogen-bond acceptors (Lipinski definition) is 2. The molecular weight excluding hydrogens is 270 g/mol. The zero-order valence-electron chi connectivity index (χ0n) is 11.4. The molecule has 3 rings (SSSR count). The van der Waals surface area contributed by atoms with Gasteiger partial charge in [-0.05, 0) is 60.7 Å². The first-order valence-corrected chi connectivity index (χ1v) is 7.34. The SMILES string of the molecule is CC(NC1CCc2cc(O)ccc21)c1cccc(Cl)c1. The van der Waals surface area contributed by atoms with Crippen LogP contribution in [0, 0.1) is 0 Å². The first-order chi connectivity index (χ1) is 9.63. The van der Waals surface area contributed by atoms with E-state index in [0.717, 1.165) is 17.9 Å². The molecule has 0 fully saturated rings. The van der Waals surface area contributed by atoms with Crippen molar-refractivity contribution in [3.05, 3.63) is 64.2 Å². The van der Waals surface area contributed by atoms with Gasteiger partial charge in [0, 0.05) is 17.1 Å². The number of hydrogen-bond donors (Lipinski definition) is 2. The third kappa shape index (κ3) is 2.67. The van der Waals surface area contributed by atoms with E-state index in [1.54, 1.807) is 6.07 Å². The van der Waals surface area contributed by atoms with Crippen molar-refractivity contribution < 1.29 is 5.11 Å². The summed E-state index contributed by atoms with van der Waals surface area (Å²) >= 11 is 6.05. The normalized spacial score (nSPS) is 18.8. The molecule has 3 heteroatoms. The van der Waals surface area contributed by atoms with Crippen LogP contribution in [0.1, 0.15) is 42.1 Å². The van der Waals surface area contributed by atoms with Crippen LogP contribution in [-0.2, 0) is 6.42 Å². The number of rotatable bonds is 3. The molecule has 2 unspecified atom stereocenters. The second kappa shape index (κ2) is 5.47. The summed E-state index contributed by atoms with van der Waals surface area (Å²) in [5.41, 5.74) is 3.75. The highest BCUT2D eigenvalue weighted by Crippen LogP contribution is 2.35. The van der Waals surface area contributed by atoms with Crippen LogP contribution < -0.4 is 5.32 Å². The number of benzene rings is 2. The van der Waals surface area contributed by atoms with Gasteiger partial charge in [-0.3, -0.25) is 0 Å². The van der Waals surface area contributed by atoms with Crippen molar-refractivity contribution in [2.45, 2.75) is 31.8 Å². The Morgan fingerprint density at radius 3 is 2.90 bits per heavy atom. The van der Waals surface area contributed by atoms with Crippen LogP contribution in [0.25, 0.3) is 0 Å². The molecule has 2 atom stereocenters. The molecule has 0 spiro atoms. The number of fused-ring (bicyclic) bond motifs is 1. The predicted molar refractivity (Wildman–Crippen MR) is 82.2 cm³/mol. The first-order valence-electron chi connectivity index (χ1n) is 6.97. The Bertz CT molecular complexity index is 626. The van der Waals surface area contributed by atoms with Crippen LogP contribution in [0.15, 0.2) is 42.5 Å².